The van der Waals surface area contributed by atoms with E-state index in [0.717, 1.165) is 29.1 Å². The van der Waals surface area contributed by atoms with Crippen molar-refractivity contribution >= 4 is 40.9 Å². The van der Waals surface area contributed by atoms with Gasteiger partial charge in [-0.3, -0.25) is 4.79 Å². The third kappa shape index (κ3) is 4.85. The van der Waals surface area contributed by atoms with Crippen LogP contribution in [-0.2, 0) is 9.53 Å². The summed E-state index contributed by atoms with van der Waals surface area (Å²) in [5.74, 6) is 1.96. The molecule has 0 aliphatic carbocycles. The summed E-state index contributed by atoms with van der Waals surface area (Å²) >= 11 is 14.2. The minimum atomic E-state index is -0.279. The van der Waals surface area contributed by atoms with E-state index in [2.05, 4.69) is 13.8 Å². The van der Waals surface area contributed by atoms with Crippen LogP contribution in [0.25, 0.3) is 0 Å². The molecule has 0 saturated carbocycles. The topological polar surface area (TPSA) is 29.5 Å². The molecule has 1 saturated heterocycles. The Morgan fingerprint density at radius 1 is 1.11 bits per heavy atom. The normalized spacial score (nSPS) is 21.0. The van der Waals surface area contributed by atoms with Gasteiger partial charge < -0.3 is 9.64 Å². The van der Waals surface area contributed by atoms with Crippen LogP contribution in [-0.4, -0.2) is 35.0 Å². The van der Waals surface area contributed by atoms with Crippen molar-refractivity contribution in [2.45, 2.75) is 38.5 Å². The highest BCUT2D eigenvalue weighted by molar-refractivity contribution is 7.99. The Kier molecular flexibility index (Phi) is 7.69. The summed E-state index contributed by atoms with van der Waals surface area (Å²) in [6.07, 6.45) is 0.615. The lowest BCUT2D eigenvalue weighted by atomic mass is 9.91. The molecule has 0 aromatic heterocycles. The van der Waals surface area contributed by atoms with E-state index in [0.29, 0.717) is 10.0 Å². The second-order valence-corrected chi connectivity index (χ2v) is 9.00. The fraction of sp³-hybridized carbons (Fsp3) is 0.409. The van der Waals surface area contributed by atoms with Gasteiger partial charge in [-0.2, -0.15) is 11.8 Å². The number of morpholine rings is 1. The smallest absolute Gasteiger partial charge is 0.249 e. The third-order valence-corrected chi connectivity index (χ3v) is 6.54. The molecule has 1 fully saturated rings. The molecule has 2 aromatic rings. The molecule has 1 heterocycles. The molecule has 3 atom stereocenters. The van der Waals surface area contributed by atoms with E-state index in [1.165, 1.54) is 0 Å². The molecule has 1 aliphatic rings. The van der Waals surface area contributed by atoms with Crippen LogP contribution in [0.1, 0.15) is 43.5 Å². The van der Waals surface area contributed by atoms with Crippen molar-refractivity contribution in [3.8, 4) is 0 Å². The quantitative estimate of drug-likeness (QED) is 0.518. The van der Waals surface area contributed by atoms with Gasteiger partial charge in [-0.25, -0.2) is 0 Å². The summed E-state index contributed by atoms with van der Waals surface area (Å²) < 4.78 is 6.07. The Balaban J connectivity index is 2.06. The van der Waals surface area contributed by atoms with Crippen molar-refractivity contribution in [2.75, 3.05) is 18.1 Å². The molecular weight excluding hydrogens is 413 g/mol. The number of hydrogen-bond donors (Lipinski definition) is 0. The van der Waals surface area contributed by atoms with E-state index >= 15 is 0 Å². The van der Waals surface area contributed by atoms with E-state index in [-0.39, 0.29) is 30.7 Å². The van der Waals surface area contributed by atoms with Crippen molar-refractivity contribution in [3.63, 3.8) is 0 Å². The number of nitrogens with zero attached hydrogens (tertiary/aromatic N) is 1. The Labute approximate surface area is 181 Å². The number of carbonyl (C=O) groups is 1. The fourth-order valence-corrected chi connectivity index (χ4v) is 4.89. The maximum absolute atomic E-state index is 13.0. The van der Waals surface area contributed by atoms with E-state index in [1.54, 1.807) is 0 Å². The third-order valence-electron chi connectivity index (χ3n) is 5.03. The van der Waals surface area contributed by atoms with Crippen LogP contribution in [0.5, 0.6) is 0 Å². The summed E-state index contributed by atoms with van der Waals surface area (Å²) in [5, 5.41) is 1.33. The monoisotopic (exact) mass is 437 g/mol. The minimum Gasteiger partial charge on any atom is -0.361 e. The summed E-state index contributed by atoms with van der Waals surface area (Å²) in [7, 11) is 0. The number of amides is 1. The van der Waals surface area contributed by atoms with E-state index < -0.39 is 0 Å². The highest BCUT2D eigenvalue weighted by atomic mass is 35.5. The molecule has 1 amide bonds. The molecule has 0 N–H and O–H groups in total. The molecule has 6 heteroatoms. The fourth-order valence-electron chi connectivity index (χ4n) is 3.66. The average Bonchev–Trinajstić information content (AvgIpc) is 2.70. The van der Waals surface area contributed by atoms with Gasteiger partial charge in [0.15, 0.2) is 0 Å². The van der Waals surface area contributed by atoms with Gasteiger partial charge in [0.25, 0.3) is 0 Å². The van der Waals surface area contributed by atoms with Crippen molar-refractivity contribution < 1.29 is 9.53 Å². The molecule has 150 valence electrons. The SMILES string of the molecule is CCSC[C@H](CC)N1C(=O)CO[C@H](c2cccc(Cl)c2)[C@H]1c1ccc(Cl)cc1. The van der Waals surface area contributed by atoms with Gasteiger partial charge in [-0.05, 0) is 47.6 Å². The summed E-state index contributed by atoms with van der Waals surface area (Å²) in [6, 6.07) is 15.3. The standard InChI is InChI=1S/C22H25Cl2NO2S/c1-3-19(14-28-4-2)25-20(26)13-27-22(16-6-5-7-18(24)12-16)21(25)15-8-10-17(23)11-9-15/h5-12,19,21-22H,3-4,13-14H2,1-2H3/t19-,21+,22+/m0/s1. The van der Waals surface area contributed by atoms with Gasteiger partial charge in [0.1, 0.15) is 12.7 Å². The molecule has 0 radical (unpaired) electrons. The maximum Gasteiger partial charge on any atom is 0.249 e. The van der Waals surface area contributed by atoms with Gasteiger partial charge in [0.2, 0.25) is 5.91 Å². The van der Waals surface area contributed by atoms with Crippen LogP contribution in [0.2, 0.25) is 10.0 Å². The van der Waals surface area contributed by atoms with Gasteiger partial charge in [0, 0.05) is 21.8 Å². The zero-order valence-electron chi connectivity index (χ0n) is 16.1. The number of thioether (sulfide) groups is 1. The van der Waals surface area contributed by atoms with Crippen molar-refractivity contribution in [1.82, 2.24) is 4.90 Å². The summed E-state index contributed by atoms with van der Waals surface area (Å²) in [4.78, 5) is 15.0. The van der Waals surface area contributed by atoms with Crippen LogP contribution < -0.4 is 0 Å². The Morgan fingerprint density at radius 3 is 2.50 bits per heavy atom. The van der Waals surface area contributed by atoms with Crippen molar-refractivity contribution in [2.24, 2.45) is 0 Å². The zero-order chi connectivity index (χ0) is 20.1. The molecule has 2 aromatic carbocycles. The largest absolute Gasteiger partial charge is 0.361 e. The molecule has 1 aliphatic heterocycles. The molecule has 0 bridgehead atoms. The predicted molar refractivity (Wildman–Crippen MR) is 118 cm³/mol. The van der Waals surface area contributed by atoms with E-state index in [4.69, 9.17) is 27.9 Å². The van der Waals surface area contributed by atoms with Crippen LogP contribution in [0, 0.1) is 0 Å². The van der Waals surface area contributed by atoms with Gasteiger partial charge in [0.05, 0.1) is 6.04 Å². The first-order valence-electron chi connectivity index (χ1n) is 9.56. The lowest BCUT2D eigenvalue weighted by Gasteiger charge is -2.45. The second kappa shape index (κ2) is 10.0. The van der Waals surface area contributed by atoms with Gasteiger partial charge >= 0.3 is 0 Å². The molecule has 0 unspecified atom stereocenters. The van der Waals surface area contributed by atoms with Crippen LogP contribution >= 0.6 is 35.0 Å². The number of halogens is 2. The summed E-state index contributed by atoms with van der Waals surface area (Å²) in [6.45, 7) is 4.36. The molecule has 3 rings (SSSR count). The second-order valence-electron chi connectivity index (χ2n) is 6.81. The van der Waals surface area contributed by atoms with Crippen LogP contribution in [0.4, 0.5) is 0 Å². The highest BCUT2D eigenvalue weighted by Gasteiger charge is 2.41. The number of rotatable bonds is 7. The maximum atomic E-state index is 13.0. The number of hydrogen-bond acceptors (Lipinski definition) is 3. The molecular formula is C22H25Cl2NO2S. The number of ether oxygens (including phenoxy) is 1. The first-order valence-corrected chi connectivity index (χ1v) is 11.5. The van der Waals surface area contributed by atoms with Gasteiger partial charge in [-0.1, -0.05) is 61.3 Å². The van der Waals surface area contributed by atoms with Crippen LogP contribution in [0.3, 0.4) is 0 Å². The highest BCUT2D eigenvalue weighted by Crippen LogP contribution is 2.42. The van der Waals surface area contributed by atoms with Gasteiger partial charge in [-0.15, -0.1) is 0 Å². The number of benzene rings is 2. The Hall–Kier alpha value is -1.20. The first kappa shape index (κ1) is 21.5. The Bertz CT molecular complexity index is 799. The molecule has 0 spiro atoms. The average molecular weight is 438 g/mol. The molecule has 3 nitrogen and oxygen atoms in total. The molecule has 28 heavy (non-hydrogen) atoms. The van der Waals surface area contributed by atoms with Crippen molar-refractivity contribution in [1.29, 1.82) is 0 Å². The minimum absolute atomic E-state index is 0.0294. The van der Waals surface area contributed by atoms with E-state index in [1.807, 2.05) is 65.2 Å². The van der Waals surface area contributed by atoms with Crippen LogP contribution in [0.15, 0.2) is 48.5 Å². The van der Waals surface area contributed by atoms with E-state index in [9.17, 15) is 4.79 Å². The Morgan fingerprint density at radius 2 is 1.86 bits per heavy atom. The first-order chi connectivity index (χ1) is 13.5. The zero-order valence-corrected chi connectivity index (χ0v) is 18.4. The predicted octanol–water partition coefficient (Wildman–Crippen LogP) is 6.17. The summed E-state index contributed by atoms with van der Waals surface area (Å²) in [5.41, 5.74) is 1.99. The lowest BCUT2D eigenvalue weighted by molar-refractivity contribution is -0.162. The van der Waals surface area contributed by atoms with Crippen molar-refractivity contribution in [3.05, 3.63) is 69.7 Å². The lowest BCUT2D eigenvalue weighted by Crippen LogP contribution is -2.51. The number of carbonyl (C=O) groups excluding carboxylic acids is 1.